The average molecular weight is 481 g/mol. The van der Waals surface area contributed by atoms with Crippen LogP contribution in [0.25, 0.3) is 0 Å². The maximum Gasteiger partial charge on any atom is 0.351 e. The van der Waals surface area contributed by atoms with E-state index >= 15 is 0 Å². The van der Waals surface area contributed by atoms with Gasteiger partial charge >= 0.3 is 7.60 Å². The topological polar surface area (TPSA) is 110 Å². The molecule has 0 radical (unpaired) electrons. The Kier molecular flexibility index (Phi) is 14.8. The number of rotatable bonds is 16. The first-order valence-electron chi connectivity index (χ1n) is 10.8. The van der Waals surface area contributed by atoms with Crippen LogP contribution in [-0.2, 0) is 23.7 Å². The lowest BCUT2D eigenvalue weighted by molar-refractivity contribution is 0.199. The van der Waals surface area contributed by atoms with Crippen molar-refractivity contribution >= 4 is 17.7 Å². The van der Waals surface area contributed by atoms with Crippen LogP contribution < -0.4 is 0 Å². The van der Waals surface area contributed by atoms with Gasteiger partial charge in [0.05, 0.1) is 19.3 Å². The summed E-state index contributed by atoms with van der Waals surface area (Å²) in [7, 11) is -8.75. The number of hydrogen-bond acceptors (Lipinski definition) is 6. The molecule has 0 aliphatic rings. The maximum atomic E-state index is 12.8. The predicted octanol–water partition coefficient (Wildman–Crippen LogP) is 6.03. The molecule has 0 saturated heterocycles. The Morgan fingerprint density at radius 3 is 1.94 bits per heavy atom. The van der Waals surface area contributed by atoms with Crippen LogP contribution in [0.2, 0.25) is 0 Å². The van der Waals surface area contributed by atoms with Gasteiger partial charge in [-0.15, -0.1) is 0 Å². The van der Waals surface area contributed by atoms with Crippen LogP contribution in [0.1, 0.15) is 80.1 Å². The molecular weight excluding hydrogens is 439 g/mol. The Balaban J connectivity index is 4.89. The van der Waals surface area contributed by atoms with Crippen molar-refractivity contribution in [3.8, 4) is 0 Å². The molecule has 0 aromatic heterocycles. The third-order valence-corrected chi connectivity index (χ3v) is 9.32. The van der Waals surface area contributed by atoms with Crippen LogP contribution >= 0.6 is 7.60 Å². The summed E-state index contributed by atoms with van der Waals surface area (Å²) in [4.78, 5) is -1.73. The second kappa shape index (κ2) is 15.1. The molecule has 0 aliphatic heterocycles. The van der Waals surface area contributed by atoms with Gasteiger partial charge in [0.15, 0.2) is 4.99 Å². The molecule has 0 fully saturated rings. The van der Waals surface area contributed by atoms with Crippen molar-refractivity contribution in [2.24, 2.45) is 0 Å². The van der Waals surface area contributed by atoms with E-state index in [1.165, 1.54) is 11.1 Å². The van der Waals surface area contributed by atoms with Gasteiger partial charge in [0.1, 0.15) is 0 Å². The van der Waals surface area contributed by atoms with Crippen LogP contribution in [0.3, 0.4) is 0 Å². The van der Waals surface area contributed by atoms with Crippen molar-refractivity contribution in [2.45, 2.75) is 91.2 Å². The zero-order valence-electron chi connectivity index (χ0n) is 19.8. The summed E-state index contributed by atoms with van der Waals surface area (Å²) >= 11 is 0. The number of hydrogen-bond donors (Lipinski definition) is 2. The highest BCUT2D eigenvalue weighted by atomic mass is 32.2. The Bertz CT molecular complexity index is 755. The van der Waals surface area contributed by atoms with Crippen LogP contribution in [0.5, 0.6) is 0 Å². The molecule has 0 saturated carbocycles. The second-order valence-corrected chi connectivity index (χ2v) is 12.1. The lowest BCUT2D eigenvalue weighted by atomic mass is 10.0. The quantitative estimate of drug-likeness (QED) is 0.158. The zero-order chi connectivity index (χ0) is 24.1. The molecule has 2 unspecified atom stereocenters. The van der Waals surface area contributed by atoms with E-state index in [-0.39, 0.29) is 26.1 Å². The summed E-state index contributed by atoms with van der Waals surface area (Å²) < 4.78 is 56.1. The van der Waals surface area contributed by atoms with E-state index in [0.717, 1.165) is 31.3 Å². The van der Waals surface area contributed by atoms with E-state index in [9.17, 15) is 22.6 Å². The number of aliphatic hydroxyl groups is 1. The molecule has 2 atom stereocenters. The van der Waals surface area contributed by atoms with Crippen LogP contribution in [0, 0.1) is 0 Å². The normalized spacial score (nSPS) is 15.6. The van der Waals surface area contributed by atoms with Crippen LogP contribution in [0.15, 0.2) is 34.9 Å². The zero-order valence-corrected chi connectivity index (χ0v) is 21.5. The minimum atomic E-state index is -4.68. The van der Waals surface area contributed by atoms with E-state index < -0.39 is 28.8 Å². The fourth-order valence-corrected chi connectivity index (χ4v) is 6.78. The summed E-state index contributed by atoms with van der Waals surface area (Å²) in [6.45, 7) is 11.3. The average Bonchev–Trinajstić information content (AvgIpc) is 2.60. The SMILES string of the molecule is CCOP(=O)(OCC)C(CCC(O)C=C(C)CCC=C(C)CCC=C(C)C)S(=O)(=O)O. The molecule has 0 heterocycles. The fraction of sp³-hybridized carbons (Fsp3) is 0.727. The highest BCUT2D eigenvalue weighted by molar-refractivity contribution is 7.94. The van der Waals surface area contributed by atoms with Gasteiger partial charge in [0, 0.05) is 0 Å². The van der Waals surface area contributed by atoms with Crippen molar-refractivity contribution in [2.75, 3.05) is 13.2 Å². The van der Waals surface area contributed by atoms with Gasteiger partial charge in [-0.1, -0.05) is 34.9 Å². The Morgan fingerprint density at radius 1 is 0.935 bits per heavy atom. The summed E-state index contributed by atoms with van der Waals surface area (Å²) in [5.41, 5.74) is 3.61. The highest BCUT2D eigenvalue weighted by Gasteiger charge is 2.44. The van der Waals surface area contributed by atoms with E-state index in [2.05, 4.69) is 32.9 Å². The molecule has 0 rings (SSSR count). The summed E-state index contributed by atoms with van der Waals surface area (Å²) in [5.74, 6) is 0. The first-order chi connectivity index (χ1) is 14.4. The van der Waals surface area contributed by atoms with Gasteiger partial charge in [-0.3, -0.25) is 9.12 Å². The van der Waals surface area contributed by atoms with Crippen molar-refractivity contribution in [3.05, 3.63) is 34.9 Å². The minimum Gasteiger partial charge on any atom is -0.389 e. The Morgan fingerprint density at radius 2 is 1.45 bits per heavy atom. The van der Waals surface area contributed by atoms with Crippen molar-refractivity contribution < 1.29 is 31.7 Å². The van der Waals surface area contributed by atoms with E-state index in [4.69, 9.17) is 9.05 Å². The second-order valence-electron chi connectivity index (χ2n) is 7.91. The van der Waals surface area contributed by atoms with Crippen LogP contribution in [0.4, 0.5) is 0 Å². The third-order valence-electron chi connectivity index (χ3n) is 4.62. The monoisotopic (exact) mass is 480 g/mol. The third kappa shape index (κ3) is 13.4. The van der Waals surface area contributed by atoms with Gasteiger partial charge < -0.3 is 14.2 Å². The standard InChI is InChI=1S/C22H41O7PS/c1-7-28-30(24,29-8-2)22(31(25,26)27)16-15-21(23)17-20(6)14-10-13-19(5)12-9-11-18(3)4/h11,13,17,21-23H,7-10,12,14-16H2,1-6H3,(H,25,26,27). The molecule has 31 heavy (non-hydrogen) atoms. The molecule has 0 aliphatic carbocycles. The number of aliphatic hydroxyl groups excluding tert-OH is 1. The van der Waals surface area contributed by atoms with E-state index in [1.54, 1.807) is 19.9 Å². The lowest BCUT2D eigenvalue weighted by Crippen LogP contribution is -2.25. The molecule has 0 aromatic rings. The molecule has 0 aromatic carbocycles. The Labute approximate surface area is 188 Å². The predicted molar refractivity (Wildman–Crippen MR) is 127 cm³/mol. The molecule has 0 spiro atoms. The maximum absolute atomic E-state index is 12.8. The van der Waals surface area contributed by atoms with Crippen LogP contribution in [-0.4, -0.2) is 42.4 Å². The molecule has 7 nitrogen and oxygen atoms in total. The molecular formula is C22H41O7PS. The van der Waals surface area contributed by atoms with Crippen molar-refractivity contribution in [1.29, 1.82) is 0 Å². The molecule has 9 heteroatoms. The first kappa shape index (κ1) is 30.2. The molecule has 182 valence electrons. The smallest absolute Gasteiger partial charge is 0.351 e. The van der Waals surface area contributed by atoms with Crippen molar-refractivity contribution in [3.63, 3.8) is 0 Å². The minimum absolute atomic E-state index is 0.00348. The number of allylic oxidation sites excluding steroid dienone is 5. The molecule has 2 N–H and O–H groups in total. The highest BCUT2D eigenvalue weighted by Crippen LogP contribution is 2.56. The first-order valence-corrected chi connectivity index (χ1v) is 14.0. The molecule has 0 amide bonds. The van der Waals surface area contributed by atoms with Gasteiger partial charge in [0.25, 0.3) is 10.1 Å². The summed E-state index contributed by atoms with van der Waals surface area (Å²) in [5, 5.41) is 10.3. The molecule has 0 bridgehead atoms. The van der Waals surface area contributed by atoms with Crippen molar-refractivity contribution in [1.82, 2.24) is 0 Å². The summed E-state index contributed by atoms with van der Waals surface area (Å²) in [6.07, 6.45) is 8.58. The van der Waals surface area contributed by atoms with Gasteiger partial charge in [-0.2, -0.15) is 8.42 Å². The van der Waals surface area contributed by atoms with E-state index in [1.807, 2.05) is 6.92 Å². The van der Waals surface area contributed by atoms with Gasteiger partial charge in [-0.05, 0) is 80.1 Å². The Hall–Kier alpha value is -0.760. The van der Waals surface area contributed by atoms with Gasteiger partial charge in [-0.25, -0.2) is 0 Å². The van der Waals surface area contributed by atoms with E-state index in [0.29, 0.717) is 0 Å². The summed E-state index contributed by atoms with van der Waals surface area (Å²) in [6, 6.07) is 0. The van der Waals surface area contributed by atoms with Gasteiger partial charge in [0.2, 0.25) is 0 Å². The fourth-order valence-electron chi connectivity index (χ4n) is 3.08. The largest absolute Gasteiger partial charge is 0.389 e. The lowest BCUT2D eigenvalue weighted by Gasteiger charge is -2.24.